The monoisotopic (exact) mass is 342 g/mol. The molecule has 0 unspecified atom stereocenters. The number of aryl methyl sites for hydroxylation is 1. The topological polar surface area (TPSA) is 92.4 Å². The molecule has 1 aromatic carbocycles. The summed E-state index contributed by atoms with van der Waals surface area (Å²) in [5.41, 5.74) is 1.75. The van der Waals surface area contributed by atoms with Crippen LogP contribution in [0.3, 0.4) is 0 Å². The number of benzene rings is 1. The molecule has 1 fully saturated rings. The van der Waals surface area contributed by atoms with Gasteiger partial charge in [-0.1, -0.05) is 6.92 Å². The number of rotatable bonds is 5. The van der Waals surface area contributed by atoms with Crippen molar-refractivity contribution in [3.05, 3.63) is 46.1 Å². The van der Waals surface area contributed by atoms with Crippen molar-refractivity contribution in [2.45, 2.75) is 26.2 Å². The zero-order chi connectivity index (χ0) is 17.8. The highest BCUT2D eigenvalue weighted by molar-refractivity contribution is 5.60. The molecule has 1 aliphatic rings. The molecule has 1 saturated heterocycles. The molecule has 0 amide bonds. The first kappa shape index (κ1) is 17.3. The van der Waals surface area contributed by atoms with Gasteiger partial charge in [-0.3, -0.25) is 10.1 Å². The van der Waals surface area contributed by atoms with Crippen LogP contribution in [0, 0.1) is 16.0 Å². The quantitative estimate of drug-likeness (QED) is 0.663. The largest absolute Gasteiger partial charge is 0.396 e. The number of aliphatic hydroxyl groups excluding tert-OH is 1. The minimum atomic E-state index is -0.415. The highest BCUT2D eigenvalue weighted by Gasteiger charge is 2.21. The van der Waals surface area contributed by atoms with Crippen molar-refractivity contribution < 1.29 is 10.0 Å². The van der Waals surface area contributed by atoms with Gasteiger partial charge in [-0.15, -0.1) is 0 Å². The van der Waals surface area contributed by atoms with Crippen LogP contribution < -0.4 is 4.90 Å². The number of nitro benzene ring substituents is 1. The van der Waals surface area contributed by atoms with Crippen molar-refractivity contribution in [2.75, 3.05) is 24.6 Å². The highest BCUT2D eigenvalue weighted by atomic mass is 16.6. The number of hydrogen-bond acceptors (Lipinski definition) is 6. The molecule has 2 heterocycles. The lowest BCUT2D eigenvalue weighted by Crippen LogP contribution is -2.37. The van der Waals surface area contributed by atoms with Gasteiger partial charge in [0.05, 0.1) is 4.92 Å². The molecule has 1 atom stereocenters. The first-order valence-corrected chi connectivity index (χ1v) is 8.59. The van der Waals surface area contributed by atoms with Crippen molar-refractivity contribution >= 4 is 11.5 Å². The van der Waals surface area contributed by atoms with Crippen LogP contribution in [0.1, 0.15) is 25.5 Å². The van der Waals surface area contributed by atoms with Gasteiger partial charge in [-0.25, -0.2) is 9.97 Å². The van der Waals surface area contributed by atoms with E-state index in [1.54, 1.807) is 12.1 Å². The first-order valence-electron chi connectivity index (χ1n) is 8.59. The van der Waals surface area contributed by atoms with E-state index in [9.17, 15) is 15.2 Å². The van der Waals surface area contributed by atoms with Gasteiger partial charge in [0.2, 0.25) is 0 Å². The molecular formula is C18H22N4O3. The zero-order valence-electron chi connectivity index (χ0n) is 14.3. The van der Waals surface area contributed by atoms with E-state index >= 15 is 0 Å². The lowest BCUT2D eigenvalue weighted by atomic mass is 9.99. The second-order valence-electron chi connectivity index (χ2n) is 6.34. The summed E-state index contributed by atoms with van der Waals surface area (Å²) in [4.78, 5) is 21.9. The van der Waals surface area contributed by atoms with Crippen LogP contribution in [0.25, 0.3) is 11.4 Å². The Morgan fingerprint density at radius 1 is 1.32 bits per heavy atom. The van der Waals surface area contributed by atoms with E-state index in [0.29, 0.717) is 5.82 Å². The van der Waals surface area contributed by atoms with Crippen LogP contribution >= 0.6 is 0 Å². The van der Waals surface area contributed by atoms with Crippen molar-refractivity contribution in [1.29, 1.82) is 0 Å². The highest BCUT2D eigenvalue weighted by Crippen LogP contribution is 2.26. The minimum Gasteiger partial charge on any atom is -0.396 e. The fourth-order valence-electron chi connectivity index (χ4n) is 3.11. The lowest BCUT2D eigenvalue weighted by Gasteiger charge is -2.33. The average molecular weight is 342 g/mol. The van der Waals surface area contributed by atoms with E-state index in [2.05, 4.69) is 14.9 Å². The van der Waals surface area contributed by atoms with Crippen LogP contribution in [-0.4, -0.2) is 39.7 Å². The number of aromatic nitrogens is 2. The van der Waals surface area contributed by atoms with Crippen LogP contribution in [0.5, 0.6) is 0 Å². The van der Waals surface area contributed by atoms with Crippen LogP contribution in [0.4, 0.5) is 11.5 Å². The van der Waals surface area contributed by atoms with Crippen molar-refractivity contribution in [2.24, 2.45) is 5.92 Å². The molecular weight excluding hydrogens is 320 g/mol. The van der Waals surface area contributed by atoms with Gasteiger partial charge >= 0.3 is 0 Å². The molecule has 7 heteroatoms. The summed E-state index contributed by atoms with van der Waals surface area (Å²) < 4.78 is 0. The number of non-ortho nitro benzene ring substituents is 1. The normalized spacial score (nSPS) is 17.5. The van der Waals surface area contributed by atoms with Crippen molar-refractivity contribution in [1.82, 2.24) is 9.97 Å². The Hall–Kier alpha value is -2.54. The Labute approximate surface area is 146 Å². The minimum absolute atomic E-state index is 0.0532. The molecule has 1 aliphatic heterocycles. The molecule has 3 rings (SSSR count). The molecule has 0 spiro atoms. The van der Waals surface area contributed by atoms with Crippen molar-refractivity contribution in [3.63, 3.8) is 0 Å². The molecule has 1 N–H and O–H groups in total. The second kappa shape index (κ2) is 7.57. The Balaban J connectivity index is 1.93. The summed E-state index contributed by atoms with van der Waals surface area (Å²) in [6.07, 6.45) is 2.85. The summed E-state index contributed by atoms with van der Waals surface area (Å²) in [5, 5.41) is 20.3. The van der Waals surface area contributed by atoms with E-state index in [1.807, 2.05) is 13.0 Å². The van der Waals surface area contributed by atoms with Gasteiger partial charge in [0.15, 0.2) is 5.82 Å². The summed E-state index contributed by atoms with van der Waals surface area (Å²) in [5.74, 6) is 1.71. The molecule has 0 aliphatic carbocycles. The number of anilines is 1. The van der Waals surface area contributed by atoms with Gasteiger partial charge in [-0.2, -0.15) is 0 Å². The number of aliphatic hydroxyl groups is 1. The van der Waals surface area contributed by atoms with Gasteiger partial charge in [0.1, 0.15) is 5.82 Å². The molecule has 132 valence electrons. The SMILES string of the molecule is CCc1cc(N2CCC[C@H](CO)C2)nc(-c2ccc([N+](=O)[O-])cc2)n1. The van der Waals surface area contributed by atoms with E-state index in [1.165, 1.54) is 12.1 Å². The molecule has 0 radical (unpaired) electrons. The molecule has 7 nitrogen and oxygen atoms in total. The predicted octanol–water partition coefficient (Wildman–Crippen LogP) is 2.82. The van der Waals surface area contributed by atoms with Crippen LogP contribution in [-0.2, 0) is 6.42 Å². The maximum Gasteiger partial charge on any atom is 0.269 e. The maximum atomic E-state index is 10.8. The predicted molar refractivity (Wildman–Crippen MR) is 95.5 cm³/mol. The van der Waals surface area contributed by atoms with Gasteiger partial charge in [-0.05, 0) is 37.3 Å². The average Bonchev–Trinajstić information content (AvgIpc) is 2.67. The summed E-state index contributed by atoms with van der Waals surface area (Å²) in [6, 6.07) is 8.31. The Morgan fingerprint density at radius 3 is 2.72 bits per heavy atom. The summed E-state index contributed by atoms with van der Waals surface area (Å²) in [6.45, 7) is 3.93. The molecule has 2 aromatic rings. The smallest absolute Gasteiger partial charge is 0.269 e. The molecule has 25 heavy (non-hydrogen) atoms. The van der Waals surface area contributed by atoms with E-state index in [0.717, 1.165) is 49.4 Å². The number of hydrogen-bond donors (Lipinski definition) is 1. The third-order valence-electron chi connectivity index (χ3n) is 4.57. The zero-order valence-corrected chi connectivity index (χ0v) is 14.3. The van der Waals surface area contributed by atoms with Gasteiger partial charge in [0, 0.05) is 49.2 Å². The van der Waals surface area contributed by atoms with Gasteiger partial charge < -0.3 is 10.0 Å². The molecule has 0 saturated carbocycles. The Morgan fingerprint density at radius 2 is 2.08 bits per heavy atom. The summed E-state index contributed by atoms with van der Waals surface area (Å²) in [7, 11) is 0. The fourth-order valence-corrected chi connectivity index (χ4v) is 3.11. The van der Waals surface area contributed by atoms with E-state index in [-0.39, 0.29) is 18.2 Å². The summed E-state index contributed by atoms with van der Waals surface area (Å²) >= 11 is 0. The third kappa shape index (κ3) is 3.93. The third-order valence-corrected chi connectivity index (χ3v) is 4.57. The second-order valence-corrected chi connectivity index (χ2v) is 6.34. The van der Waals surface area contributed by atoms with Crippen LogP contribution in [0.15, 0.2) is 30.3 Å². The fraction of sp³-hybridized carbons (Fsp3) is 0.444. The van der Waals surface area contributed by atoms with Gasteiger partial charge in [0.25, 0.3) is 5.69 Å². The van der Waals surface area contributed by atoms with E-state index in [4.69, 9.17) is 0 Å². The molecule has 0 bridgehead atoms. The number of nitrogens with zero attached hydrogens (tertiary/aromatic N) is 4. The maximum absolute atomic E-state index is 10.8. The number of piperidine rings is 1. The Bertz CT molecular complexity index is 748. The van der Waals surface area contributed by atoms with E-state index < -0.39 is 4.92 Å². The van der Waals surface area contributed by atoms with Crippen molar-refractivity contribution in [3.8, 4) is 11.4 Å². The first-order chi connectivity index (χ1) is 12.1. The lowest BCUT2D eigenvalue weighted by molar-refractivity contribution is -0.384. The van der Waals surface area contributed by atoms with Crippen LogP contribution in [0.2, 0.25) is 0 Å². The number of nitro groups is 1. The standard InChI is InChI=1S/C18H22N4O3/c1-2-15-10-17(21-9-3-4-13(11-21)12-23)20-18(19-15)14-5-7-16(8-6-14)22(24)25/h5-8,10,13,23H,2-4,9,11-12H2,1H3/t13-/m0/s1. The Kier molecular flexibility index (Phi) is 5.23. The molecule has 1 aromatic heterocycles.